The summed E-state index contributed by atoms with van der Waals surface area (Å²) in [5.41, 5.74) is 5.35. The molecule has 2 aromatic carbocycles. The molecule has 26 heavy (non-hydrogen) atoms. The molecule has 3 aromatic rings. The fourth-order valence-corrected chi connectivity index (χ4v) is 3.88. The zero-order valence-electron chi connectivity index (χ0n) is 14.7. The van der Waals surface area contributed by atoms with Gasteiger partial charge in [0, 0.05) is 24.0 Å². The largest absolute Gasteiger partial charge is 0.493 e. The highest BCUT2D eigenvalue weighted by atomic mass is 16.3. The number of carbonyl (C=O) groups is 1. The van der Waals surface area contributed by atoms with Crippen LogP contribution in [0.25, 0.3) is 22.0 Å². The van der Waals surface area contributed by atoms with Crippen molar-refractivity contribution in [1.82, 2.24) is 9.88 Å². The second kappa shape index (κ2) is 6.07. The van der Waals surface area contributed by atoms with E-state index in [1.807, 2.05) is 37.4 Å². The third-order valence-electron chi connectivity index (χ3n) is 5.13. The van der Waals surface area contributed by atoms with Crippen LogP contribution in [0.15, 0.2) is 35.5 Å². The maximum Gasteiger partial charge on any atom is 0.219 e. The highest BCUT2D eigenvalue weighted by Crippen LogP contribution is 2.43. The van der Waals surface area contributed by atoms with E-state index in [1.165, 1.54) is 0 Å². The van der Waals surface area contributed by atoms with Crippen LogP contribution in [0.3, 0.4) is 0 Å². The van der Waals surface area contributed by atoms with E-state index in [2.05, 4.69) is 15.1 Å². The third kappa shape index (κ3) is 2.42. The van der Waals surface area contributed by atoms with Crippen molar-refractivity contribution in [3.63, 3.8) is 0 Å². The highest BCUT2D eigenvalue weighted by molar-refractivity contribution is 6.05. The molecule has 132 valence electrons. The van der Waals surface area contributed by atoms with Gasteiger partial charge in [0.15, 0.2) is 11.5 Å². The van der Waals surface area contributed by atoms with Crippen molar-refractivity contribution in [2.75, 3.05) is 13.6 Å². The maximum atomic E-state index is 12.1. The van der Waals surface area contributed by atoms with Crippen molar-refractivity contribution in [3.05, 3.63) is 51.9 Å². The molecular weight excluding hydrogens is 330 g/mol. The first kappa shape index (κ1) is 16.5. The van der Waals surface area contributed by atoms with Crippen molar-refractivity contribution in [1.29, 1.82) is 0 Å². The maximum absolute atomic E-state index is 12.1. The third-order valence-corrected chi connectivity index (χ3v) is 5.13. The molecule has 1 aliphatic rings. The lowest BCUT2D eigenvalue weighted by molar-refractivity contribution is 0.101. The Morgan fingerprint density at radius 2 is 2.00 bits per heavy atom. The second-order valence-corrected chi connectivity index (χ2v) is 6.81. The minimum absolute atomic E-state index is 0.00646. The van der Waals surface area contributed by atoms with E-state index in [0.717, 1.165) is 40.7 Å². The van der Waals surface area contributed by atoms with E-state index in [4.69, 9.17) is 0 Å². The molecule has 0 saturated carbocycles. The predicted octanol–water partition coefficient (Wildman–Crippen LogP) is 4.13. The van der Waals surface area contributed by atoms with E-state index >= 15 is 0 Å². The lowest BCUT2D eigenvalue weighted by Gasteiger charge is -2.28. The van der Waals surface area contributed by atoms with Gasteiger partial charge in [-0.3, -0.25) is 4.79 Å². The molecule has 1 aliphatic heterocycles. The molecule has 0 bridgehead atoms. The summed E-state index contributed by atoms with van der Waals surface area (Å²) in [4.78, 5) is 28.5. The molecule has 1 aromatic heterocycles. The quantitative estimate of drug-likeness (QED) is 0.550. The van der Waals surface area contributed by atoms with E-state index in [1.54, 1.807) is 6.92 Å². The zero-order valence-corrected chi connectivity index (χ0v) is 14.7. The molecule has 0 amide bonds. The summed E-state index contributed by atoms with van der Waals surface area (Å²) in [6.07, 6.45) is 0.826. The van der Waals surface area contributed by atoms with Gasteiger partial charge in [0.1, 0.15) is 0 Å². The Bertz CT molecular complexity index is 1050. The van der Waals surface area contributed by atoms with Gasteiger partial charge in [0.2, 0.25) is 5.88 Å². The summed E-state index contributed by atoms with van der Waals surface area (Å²) < 4.78 is 0. The Kier molecular flexibility index (Phi) is 3.85. The molecular formula is C20H19N3O3. The number of Topliss-reactive ketones (excluding diaryl/α,β-unsaturated/α-hetero) is 1. The van der Waals surface area contributed by atoms with Gasteiger partial charge in [-0.2, -0.15) is 0 Å². The number of aromatic nitrogens is 1. The van der Waals surface area contributed by atoms with Gasteiger partial charge >= 0.3 is 0 Å². The fraction of sp³-hybridized carbons (Fsp3) is 0.250. The Labute approximate surface area is 150 Å². The lowest BCUT2D eigenvalue weighted by atomic mass is 9.86. The fourth-order valence-electron chi connectivity index (χ4n) is 3.88. The first-order valence-corrected chi connectivity index (χ1v) is 8.53. The molecule has 6 heteroatoms. The number of aromatic hydroxyl groups is 1. The van der Waals surface area contributed by atoms with E-state index in [9.17, 15) is 14.8 Å². The lowest BCUT2D eigenvalue weighted by Crippen LogP contribution is -2.27. The summed E-state index contributed by atoms with van der Waals surface area (Å²) in [7, 11) is 2.03. The van der Waals surface area contributed by atoms with Gasteiger partial charge in [0.05, 0.1) is 5.52 Å². The number of nitrogens with one attached hydrogen (secondary N) is 1. The van der Waals surface area contributed by atoms with Crippen LogP contribution in [-0.2, 0) is 13.0 Å². The summed E-state index contributed by atoms with van der Waals surface area (Å²) in [6, 6.07) is 9.36. The Balaban J connectivity index is 2.10. The smallest absolute Gasteiger partial charge is 0.219 e. The minimum atomic E-state index is -0.220. The Morgan fingerprint density at radius 3 is 2.73 bits per heavy atom. The average molecular weight is 349 g/mol. The number of H-pyrrole nitrogens is 1. The van der Waals surface area contributed by atoms with Crippen molar-refractivity contribution in [3.8, 4) is 17.0 Å². The van der Waals surface area contributed by atoms with Gasteiger partial charge in [0.25, 0.3) is 0 Å². The molecule has 6 nitrogen and oxygen atoms in total. The molecule has 0 atom stereocenters. The molecule has 0 spiro atoms. The van der Waals surface area contributed by atoms with Crippen molar-refractivity contribution in [2.45, 2.75) is 19.9 Å². The number of benzene rings is 2. The number of hydrogen-bond donors (Lipinski definition) is 2. The topological polar surface area (TPSA) is 85.8 Å². The van der Waals surface area contributed by atoms with Crippen LogP contribution >= 0.6 is 0 Å². The number of hydrogen-bond acceptors (Lipinski definition) is 5. The number of nitrogens with zero attached hydrogens (tertiary/aromatic N) is 2. The predicted molar refractivity (Wildman–Crippen MR) is 101 cm³/mol. The number of aromatic amines is 1. The normalized spacial score (nSPS) is 14.4. The van der Waals surface area contributed by atoms with Crippen LogP contribution in [0.1, 0.15) is 28.4 Å². The minimum Gasteiger partial charge on any atom is -0.493 e. The van der Waals surface area contributed by atoms with Crippen LogP contribution in [-0.4, -0.2) is 34.4 Å². The Morgan fingerprint density at radius 1 is 1.23 bits per heavy atom. The van der Waals surface area contributed by atoms with Gasteiger partial charge in [-0.15, -0.1) is 4.91 Å². The van der Waals surface area contributed by atoms with E-state index < -0.39 is 0 Å². The number of likely N-dealkylation sites (N-methyl/N-ethyl adjacent to an activating group) is 1. The molecule has 0 unspecified atom stereocenters. The van der Waals surface area contributed by atoms with E-state index in [0.29, 0.717) is 17.5 Å². The SMILES string of the molecule is CC(=O)c1ccccc1-c1cc2c(N=O)c(O)[nH]c2c2c1CCN(C)C2. The van der Waals surface area contributed by atoms with Crippen molar-refractivity contribution in [2.24, 2.45) is 5.18 Å². The Hall–Kier alpha value is -2.99. The van der Waals surface area contributed by atoms with Crippen molar-refractivity contribution >= 4 is 22.4 Å². The van der Waals surface area contributed by atoms with Crippen LogP contribution in [0.4, 0.5) is 5.69 Å². The molecule has 0 fully saturated rings. The first-order valence-electron chi connectivity index (χ1n) is 8.53. The summed E-state index contributed by atoms with van der Waals surface area (Å²) in [5.74, 6) is -0.226. The highest BCUT2D eigenvalue weighted by Gasteiger charge is 2.25. The number of nitroso groups, excluding NO2 is 1. The van der Waals surface area contributed by atoms with Gasteiger partial charge in [-0.1, -0.05) is 24.3 Å². The molecule has 0 aliphatic carbocycles. The summed E-state index contributed by atoms with van der Waals surface area (Å²) >= 11 is 0. The first-order chi connectivity index (χ1) is 12.5. The zero-order chi connectivity index (χ0) is 18.4. The standard InChI is InChI=1S/C20H19N3O3/c1-11(24)12-5-3-4-6-13(12)15-9-16-18(21-20(25)19(16)22-26)17-10-23(2)8-7-14(15)17/h3-6,9,21,25H,7-8,10H2,1-2H3. The summed E-state index contributed by atoms with van der Waals surface area (Å²) in [6.45, 7) is 3.15. The van der Waals surface area contributed by atoms with Crippen molar-refractivity contribution < 1.29 is 9.90 Å². The number of fused-ring (bicyclic) bond motifs is 3. The summed E-state index contributed by atoms with van der Waals surface area (Å²) in [5, 5.41) is 13.7. The van der Waals surface area contributed by atoms with Crippen LogP contribution in [0.2, 0.25) is 0 Å². The number of carbonyl (C=O) groups excluding carboxylic acids is 1. The number of rotatable bonds is 3. The van der Waals surface area contributed by atoms with Crippen LogP contribution in [0, 0.1) is 4.91 Å². The monoisotopic (exact) mass is 349 g/mol. The van der Waals surface area contributed by atoms with Crippen LogP contribution < -0.4 is 0 Å². The molecule has 0 radical (unpaired) electrons. The molecule has 4 rings (SSSR count). The van der Waals surface area contributed by atoms with Gasteiger partial charge in [-0.25, -0.2) is 0 Å². The van der Waals surface area contributed by atoms with E-state index in [-0.39, 0.29) is 17.4 Å². The van der Waals surface area contributed by atoms with Gasteiger partial charge in [-0.05, 0) is 53.9 Å². The molecule has 2 heterocycles. The number of ketones is 1. The van der Waals surface area contributed by atoms with Gasteiger partial charge < -0.3 is 15.0 Å². The second-order valence-electron chi connectivity index (χ2n) is 6.81. The van der Waals surface area contributed by atoms with Crippen LogP contribution in [0.5, 0.6) is 5.88 Å². The molecule has 2 N–H and O–H groups in total. The molecule has 0 saturated heterocycles. The average Bonchev–Trinajstić information content (AvgIpc) is 2.96.